The number of hydrogen-bond donors (Lipinski definition) is 1. The largest absolute Gasteiger partial charge is 0.385 e. The molecule has 0 spiro atoms. The van der Waals surface area contributed by atoms with Crippen molar-refractivity contribution in [3.8, 4) is 0 Å². The van der Waals surface area contributed by atoms with E-state index in [4.69, 9.17) is 0 Å². The average molecular weight is 208 g/mol. The highest BCUT2D eigenvalue weighted by Gasteiger charge is 2.29. The van der Waals surface area contributed by atoms with E-state index < -0.39 is 5.60 Å². The van der Waals surface area contributed by atoms with Crippen LogP contribution in [-0.2, 0) is 0 Å². The summed E-state index contributed by atoms with van der Waals surface area (Å²) in [5.74, 6) is 1.04. The van der Waals surface area contributed by atoms with E-state index in [1.807, 2.05) is 19.1 Å². The summed E-state index contributed by atoms with van der Waals surface area (Å²) in [6.45, 7) is 8.53. The van der Waals surface area contributed by atoms with Crippen LogP contribution in [0.15, 0.2) is 23.8 Å². The molecule has 0 aromatic carbocycles. The molecular formula is C14H24O. The highest BCUT2D eigenvalue weighted by Crippen LogP contribution is 2.32. The highest BCUT2D eigenvalue weighted by molar-refractivity contribution is 5.27. The minimum Gasteiger partial charge on any atom is -0.385 e. The lowest BCUT2D eigenvalue weighted by molar-refractivity contribution is 0.0665. The van der Waals surface area contributed by atoms with E-state index in [1.165, 1.54) is 18.4 Å². The maximum Gasteiger partial charge on any atom is 0.0865 e. The Morgan fingerprint density at radius 2 is 2.13 bits per heavy atom. The molecule has 0 fully saturated rings. The highest BCUT2D eigenvalue weighted by atomic mass is 16.3. The smallest absolute Gasteiger partial charge is 0.0865 e. The van der Waals surface area contributed by atoms with E-state index in [9.17, 15) is 5.11 Å². The lowest BCUT2D eigenvalue weighted by atomic mass is 9.79. The summed E-state index contributed by atoms with van der Waals surface area (Å²) in [4.78, 5) is 0. The van der Waals surface area contributed by atoms with Crippen molar-refractivity contribution in [2.24, 2.45) is 11.8 Å². The van der Waals surface area contributed by atoms with Gasteiger partial charge in [0, 0.05) is 5.92 Å². The molecule has 2 unspecified atom stereocenters. The molecular weight excluding hydrogens is 184 g/mol. The van der Waals surface area contributed by atoms with Crippen LogP contribution in [0.1, 0.15) is 47.0 Å². The molecule has 1 heteroatoms. The second kappa shape index (κ2) is 4.98. The summed E-state index contributed by atoms with van der Waals surface area (Å²) in [6.07, 6.45) is 9.69. The van der Waals surface area contributed by atoms with Gasteiger partial charge in [0.25, 0.3) is 0 Å². The van der Waals surface area contributed by atoms with Crippen molar-refractivity contribution in [1.82, 2.24) is 0 Å². The Balaban J connectivity index is 2.48. The average Bonchev–Trinajstić information content (AvgIpc) is 2.12. The topological polar surface area (TPSA) is 20.2 Å². The van der Waals surface area contributed by atoms with Crippen LogP contribution < -0.4 is 0 Å². The Bertz CT molecular complexity index is 259. The fourth-order valence-electron chi connectivity index (χ4n) is 2.04. The number of aliphatic hydroxyl groups is 1. The molecule has 86 valence electrons. The van der Waals surface area contributed by atoms with Gasteiger partial charge in [-0.25, -0.2) is 0 Å². The van der Waals surface area contributed by atoms with Gasteiger partial charge >= 0.3 is 0 Å². The summed E-state index contributed by atoms with van der Waals surface area (Å²) in [5.41, 5.74) is 0.741. The van der Waals surface area contributed by atoms with Gasteiger partial charge in [-0.2, -0.15) is 0 Å². The lowest BCUT2D eigenvalue weighted by Crippen LogP contribution is -2.33. The lowest BCUT2D eigenvalue weighted by Gasteiger charge is -2.32. The van der Waals surface area contributed by atoms with Gasteiger partial charge in [-0.3, -0.25) is 0 Å². The minimum atomic E-state index is -0.651. The third-order valence-electron chi connectivity index (χ3n) is 3.42. The first-order valence-corrected chi connectivity index (χ1v) is 6.04. The van der Waals surface area contributed by atoms with E-state index in [0.717, 1.165) is 12.3 Å². The van der Waals surface area contributed by atoms with E-state index in [2.05, 4.69) is 26.8 Å². The molecule has 0 radical (unpaired) electrons. The molecule has 2 atom stereocenters. The fraction of sp³-hybridized carbons (Fsp3) is 0.714. The van der Waals surface area contributed by atoms with Crippen LogP contribution in [0.2, 0.25) is 0 Å². The summed E-state index contributed by atoms with van der Waals surface area (Å²) >= 11 is 0. The standard InChI is InChI=1S/C14H24O/c1-11(2)7-5-8-13-9-6-10-14(4,15)12(13)3/h6,9-12,15H,5,7-8H2,1-4H3. The maximum atomic E-state index is 10.1. The zero-order valence-electron chi connectivity index (χ0n) is 10.5. The molecule has 0 saturated carbocycles. The van der Waals surface area contributed by atoms with Crippen LogP contribution in [-0.4, -0.2) is 10.7 Å². The monoisotopic (exact) mass is 208 g/mol. The molecule has 1 nitrogen and oxygen atoms in total. The molecule has 0 bridgehead atoms. The summed E-state index contributed by atoms with van der Waals surface area (Å²) in [7, 11) is 0. The molecule has 15 heavy (non-hydrogen) atoms. The van der Waals surface area contributed by atoms with Gasteiger partial charge in [0.1, 0.15) is 0 Å². The van der Waals surface area contributed by atoms with Gasteiger partial charge in [-0.15, -0.1) is 0 Å². The van der Waals surface area contributed by atoms with E-state index >= 15 is 0 Å². The Morgan fingerprint density at radius 3 is 2.73 bits per heavy atom. The molecule has 0 heterocycles. The maximum absolute atomic E-state index is 10.1. The van der Waals surface area contributed by atoms with Crippen molar-refractivity contribution in [2.45, 2.75) is 52.6 Å². The van der Waals surface area contributed by atoms with Gasteiger partial charge in [0.2, 0.25) is 0 Å². The van der Waals surface area contributed by atoms with Crippen molar-refractivity contribution in [1.29, 1.82) is 0 Å². The first-order valence-electron chi connectivity index (χ1n) is 6.04. The van der Waals surface area contributed by atoms with Crippen molar-refractivity contribution in [3.05, 3.63) is 23.8 Å². The molecule has 1 aliphatic rings. The number of rotatable bonds is 4. The van der Waals surface area contributed by atoms with Gasteiger partial charge in [0.15, 0.2) is 0 Å². The Morgan fingerprint density at radius 1 is 1.47 bits per heavy atom. The predicted octanol–water partition coefficient (Wildman–Crippen LogP) is 3.70. The zero-order chi connectivity index (χ0) is 11.5. The summed E-state index contributed by atoms with van der Waals surface area (Å²) < 4.78 is 0. The molecule has 0 aliphatic heterocycles. The van der Waals surface area contributed by atoms with Gasteiger partial charge in [0.05, 0.1) is 5.60 Å². The third kappa shape index (κ3) is 3.49. The normalized spacial score (nSPS) is 30.8. The van der Waals surface area contributed by atoms with Gasteiger partial charge < -0.3 is 5.11 Å². The van der Waals surface area contributed by atoms with Gasteiger partial charge in [-0.05, 0) is 25.7 Å². The van der Waals surface area contributed by atoms with Crippen LogP contribution in [0.25, 0.3) is 0 Å². The number of allylic oxidation sites excluding steroid dienone is 2. The predicted molar refractivity (Wildman–Crippen MR) is 65.7 cm³/mol. The van der Waals surface area contributed by atoms with E-state index in [1.54, 1.807) is 0 Å². The Hall–Kier alpha value is -0.560. The Kier molecular flexibility index (Phi) is 4.15. The molecule has 0 aromatic rings. The molecule has 1 aliphatic carbocycles. The molecule has 1 N–H and O–H groups in total. The van der Waals surface area contributed by atoms with Crippen LogP contribution >= 0.6 is 0 Å². The van der Waals surface area contributed by atoms with Crippen LogP contribution in [0, 0.1) is 11.8 Å². The van der Waals surface area contributed by atoms with Gasteiger partial charge in [-0.1, -0.05) is 51.0 Å². The number of hydrogen-bond acceptors (Lipinski definition) is 1. The molecule has 1 rings (SSSR count). The van der Waals surface area contributed by atoms with Crippen LogP contribution in [0.3, 0.4) is 0 Å². The second-order valence-electron chi connectivity index (χ2n) is 5.33. The first-order chi connectivity index (χ1) is 6.93. The minimum absolute atomic E-state index is 0.259. The van der Waals surface area contributed by atoms with Crippen LogP contribution in [0.5, 0.6) is 0 Å². The quantitative estimate of drug-likeness (QED) is 0.747. The van der Waals surface area contributed by atoms with E-state index in [-0.39, 0.29) is 5.92 Å². The SMILES string of the molecule is CC(C)CCCC1=CC=CC(C)(O)C1C. The molecule has 0 saturated heterocycles. The van der Waals surface area contributed by atoms with Crippen LogP contribution in [0.4, 0.5) is 0 Å². The molecule has 0 amide bonds. The summed E-state index contributed by atoms with van der Waals surface area (Å²) in [6, 6.07) is 0. The Labute approximate surface area is 93.9 Å². The van der Waals surface area contributed by atoms with E-state index in [0.29, 0.717) is 0 Å². The zero-order valence-corrected chi connectivity index (χ0v) is 10.5. The van der Waals surface area contributed by atoms with Crippen molar-refractivity contribution >= 4 is 0 Å². The van der Waals surface area contributed by atoms with Crippen molar-refractivity contribution in [3.63, 3.8) is 0 Å². The fourth-order valence-corrected chi connectivity index (χ4v) is 2.04. The first kappa shape index (κ1) is 12.5. The summed E-state index contributed by atoms with van der Waals surface area (Å²) in [5, 5.41) is 10.1. The van der Waals surface area contributed by atoms with Crippen molar-refractivity contribution in [2.75, 3.05) is 0 Å². The van der Waals surface area contributed by atoms with Crippen molar-refractivity contribution < 1.29 is 5.11 Å². The molecule has 0 aromatic heterocycles. The third-order valence-corrected chi connectivity index (χ3v) is 3.42. The second-order valence-corrected chi connectivity index (χ2v) is 5.33.